The van der Waals surface area contributed by atoms with Gasteiger partial charge in [-0.25, -0.2) is 8.60 Å². The van der Waals surface area contributed by atoms with Crippen LogP contribution in [-0.4, -0.2) is 16.3 Å². The molecule has 0 bridgehead atoms. The van der Waals surface area contributed by atoms with E-state index in [0.717, 1.165) is 16.6 Å². The Morgan fingerprint density at radius 2 is 2.04 bits per heavy atom. The molecular weight excluding hydrogens is 317 g/mol. The van der Waals surface area contributed by atoms with E-state index in [1.165, 1.54) is 12.1 Å². The molecule has 3 rings (SSSR count). The van der Waals surface area contributed by atoms with Gasteiger partial charge in [0.1, 0.15) is 11.6 Å². The molecule has 118 valence electrons. The van der Waals surface area contributed by atoms with E-state index in [4.69, 9.17) is 9.52 Å². The summed E-state index contributed by atoms with van der Waals surface area (Å²) in [5.74, 6) is 0.0444. The van der Waals surface area contributed by atoms with Gasteiger partial charge in [-0.1, -0.05) is 0 Å². The van der Waals surface area contributed by atoms with Crippen molar-refractivity contribution in [2.45, 2.75) is 4.90 Å². The molecule has 1 heterocycles. The molecule has 0 radical (unpaired) electrons. The fourth-order valence-corrected chi connectivity index (χ4v) is 2.74. The summed E-state index contributed by atoms with van der Waals surface area (Å²) in [7, 11) is -0.861. The summed E-state index contributed by atoms with van der Waals surface area (Å²) in [6.45, 7) is 0. The fraction of sp³-hybridized carbons (Fsp3) is 0.0625. The Hall–Kier alpha value is -2.67. The van der Waals surface area contributed by atoms with Gasteiger partial charge in [-0.3, -0.25) is 9.76 Å². The zero-order chi connectivity index (χ0) is 16.4. The van der Waals surface area contributed by atoms with Crippen molar-refractivity contribution >= 4 is 32.9 Å². The van der Waals surface area contributed by atoms with Crippen LogP contribution < -0.4 is 10.1 Å². The normalized spacial score (nSPS) is 12.1. The highest BCUT2D eigenvalue weighted by molar-refractivity contribution is 7.73. The quantitative estimate of drug-likeness (QED) is 0.637. The maximum absolute atomic E-state index is 13.8. The lowest BCUT2D eigenvalue weighted by molar-refractivity contribution is 0.415. The van der Waals surface area contributed by atoms with Gasteiger partial charge in [-0.2, -0.15) is 0 Å². The zero-order valence-corrected chi connectivity index (χ0v) is 13.1. The number of anilines is 2. The Balaban J connectivity index is 2.00. The van der Waals surface area contributed by atoms with E-state index in [2.05, 4.69) is 10.3 Å². The van der Waals surface area contributed by atoms with Crippen LogP contribution >= 0.6 is 0 Å². The monoisotopic (exact) mass is 331 g/mol. The Bertz CT molecular complexity index is 949. The molecule has 5 nitrogen and oxygen atoms in total. The SMILES string of the molecule is COc1ccc2c(Nc3ccc([SH](=N)=O)c(F)c3)ccnc2c1. The summed E-state index contributed by atoms with van der Waals surface area (Å²) in [6.07, 6.45) is 1.65. The summed E-state index contributed by atoms with van der Waals surface area (Å²) < 4.78 is 37.3. The highest BCUT2D eigenvalue weighted by Crippen LogP contribution is 2.28. The molecule has 23 heavy (non-hydrogen) atoms. The number of hydrogen-bond acceptors (Lipinski definition) is 5. The summed E-state index contributed by atoms with van der Waals surface area (Å²) >= 11 is 0. The average Bonchev–Trinajstić information content (AvgIpc) is 2.54. The Morgan fingerprint density at radius 3 is 2.74 bits per heavy atom. The Kier molecular flexibility index (Phi) is 4.12. The second kappa shape index (κ2) is 6.21. The topological polar surface area (TPSA) is 75.1 Å². The molecule has 2 N–H and O–H groups in total. The first-order valence-corrected chi connectivity index (χ1v) is 8.02. The second-order valence-corrected chi connectivity index (χ2v) is 5.90. The molecule has 0 fully saturated rings. The van der Waals surface area contributed by atoms with Gasteiger partial charge in [0.05, 0.1) is 28.1 Å². The zero-order valence-electron chi connectivity index (χ0n) is 12.2. The third-order valence-electron chi connectivity index (χ3n) is 3.40. The van der Waals surface area contributed by atoms with Gasteiger partial charge in [0.2, 0.25) is 0 Å². The number of methoxy groups -OCH3 is 1. The lowest BCUT2D eigenvalue weighted by Gasteiger charge is -2.11. The molecule has 0 amide bonds. The maximum Gasteiger partial charge on any atom is 0.142 e. The van der Waals surface area contributed by atoms with Crippen LogP contribution in [0.3, 0.4) is 0 Å². The lowest BCUT2D eigenvalue weighted by Crippen LogP contribution is -1.95. The molecule has 7 heteroatoms. The van der Waals surface area contributed by atoms with E-state index >= 15 is 0 Å². The largest absolute Gasteiger partial charge is 0.497 e. The molecular formula is C16H14FN3O2S. The number of aromatic nitrogens is 1. The average molecular weight is 331 g/mol. The number of nitrogens with one attached hydrogen (secondary N) is 2. The van der Waals surface area contributed by atoms with Gasteiger partial charge in [-0.15, -0.1) is 0 Å². The van der Waals surface area contributed by atoms with Gasteiger partial charge in [0, 0.05) is 29.0 Å². The van der Waals surface area contributed by atoms with Crippen LogP contribution in [0.2, 0.25) is 0 Å². The van der Waals surface area contributed by atoms with Gasteiger partial charge in [-0.05, 0) is 36.4 Å². The van der Waals surface area contributed by atoms with E-state index < -0.39 is 16.4 Å². The van der Waals surface area contributed by atoms with E-state index in [9.17, 15) is 8.60 Å². The second-order valence-electron chi connectivity index (χ2n) is 4.83. The van der Waals surface area contributed by atoms with Gasteiger partial charge < -0.3 is 10.1 Å². The minimum absolute atomic E-state index is 0.102. The molecule has 0 saturated carbocycles. The van der Waals surface area contributed by atoms with Crippen LogP contribution in [-0.2, 0) is 10.6 Å². The number of thiol groups is 1. The van der Waals surface area contributed by atoms with Gasteiger partial charge in [0.15, 0.2) is 0 Å². The van der Waals surface area contributed by atoms with Crippen LogP contribution in [0.1, 0.15) is 0 Å². The first kappa shape index (κ1) is 15.2. The van der Waals surface area contributed by atoms with Crippen molar-refractivity contribution in [3.8, 4) is 5.75 Å². The van der Waals surface area contributed by atoms with E-state index in [1.54, 1.807) is 25.4 Å². The number of fused-ring (bicyclic) bond motifs is 1. The summed E-state index contributed by atoms with van der Waals surface area (Å²) in [6, 6.07) is 11.5. The minimum Gasteiger partial charge on any atom is -0.497 e. The first-order valence-electron chi connectivity index (χ1n) is 6.76. The highest BCUT2D eigenvalue weighted by atomic mass is 32.2. The van der Waals surface area contributed by atoms with Crippen LogP contribution in [0.4, 0.5) is 15.8 Å². The third kappa shape index (κ3) is 3.09. The predicted octanol–water partition coefficient (Wildman–Crippen LogP) is 3.73. The molecule has 0 aliphatic heterocycles. The highest BCUT2D eigenvalue weighted by Gasteiger charge is 2.07. The van der Waals surface area contributed by atoms with Crippen molar-refractivity contribution in [3.63, 3.8) is 0 Å². The number of ether oxygens (including phenoxy) is 1. The van der Waals surface area contributed by atoms with Crippen molar-refractivity contribution in [1.82, 2.24) is 4.98 Å². The van der Waals surface area contributed by atoms with Crippen LogP contribution in [0.5, 0.6) is 5.75 Å². The maximum atomic E-state index is 13.8. The van der Waals surface area contributed by atoms with Gasteiger partial charge >= 0.3 is 0 Å². The molecule has 1 unspecified atom stereocenters. The molecule has 0 aliphatic carbocycles. The third-order valence-corrected chi connectivity index (χ3v) is 4.20. The van der Waals surface area contributed by atoms with Crippen molar-refractivity contribution in [2.75, 3.05) is 12.4 Å². The molecule has 0 spiro atoms. The number of pyridine rings is 1. The smallest absolute Gasteiger partial charge is 0.142 e. The Labute approximate surface area is 134 Å². The fourth-order valence-electron chi connectivity index (χ4n) is 2.27. The van der Waals surface area contributed by atoms with Gasteiger partial charge in [0.25, 0.3) is 0 Å². The van der Waals surface area contributed by atoms with E-state index in [-0.39, 0.29) is 4.90 Å². The van der Waals surface area contributed by atoms with Crippen molar-refractivity contribution in [3.05, 3.63) is 54.5 Å². The molecule has 1 atom stereocenters. The van der Waals surface area contributed by atoms with Crippen LogP contribution in [0.25, 0.3) is 10.9 Å². The molecule has 2 aromatic carbocycles. The molecule has 0 aliphatic rings. The number of nitrogens with zero attached hydrogens (tertiary/aromatic N) is 1. The minimum atomic E-state index is -2.45. The van der Waals surface area contributed by atoms with Crippen LogP contribution in [0.15, 0.2) is 53.6 Å². The summed E-state index contributed by atoms with van der Waals surface area (Å²) in [5, 5.41) is 3.98. The molecule has 0 saturated heterocycles. The standard InChI is InChI=1S/C16H14FN3O2S/c1-22-11-3-4-12-14(6-7-19-15(12)9-11)20-10-2-5-16(23(18)21)13(17)8-10/h2-9,18,23H,1H3,(H,19,20). The van der Waals surface area contributed by atoms with E-state index in [1.807, 2.05) is 18.2 Å². The Morgan fingerprint density at radius 1 is 1.22 bits per heavy atom. The van der Waals surface area contributed by atoms with Crippen molar-refractivity contribution in [1.29, 1.82) is 4.78 Å². The lowest BCUT2D eigenvalue weighted by atomic mass is 10.1. The van der Waals surface area contributed by atoms with Crippen molar-refractivity contribution in [2.24, 2.45) is 0 Å². The number of rotatable bonds is 4. The first-order chi connectivity index (χ1) is 11.1. The predicted molar refractivity (Wildman–Crippen MR) is 88.5 cm³/mol. The summed E-state index contributed by atoms with van der Waals surface area (Å²) in [5.41, 5.74) is 2.02. The number of benzene rings is 2. The number of halogens is 1. The van der Waals surface area contributed by atoms with Crippen LogP contribution in [0, 0.1) is 10.6 Å². The number of hydrogen-bond donors (Lipinski definition) is 3. The summed E-state index contributed by atoms with van der Waals surface area (Å²) in [4.78, 5) is 4.19. The molecule has 1 aromatic heterocycles. The molecule has 3 aromatic rings. The van der Waals surface area contributed by atoms with Crippen molar-refractivity contribution < 1.29 is 13.3 Å². The van der Waals surface area contributed by atoms with E-state index in [0.29, 0.717) is 11.4 Å².